The molecule has 3 aromatic rings. The van der Waals surface area contributed by atoms with E-state index < -0.39 is 0 Å². The van der Waals surface area contributed by atoms with Crippen molar-refractivity contribution >= 4 is 52.4 Å². The van der Waals surface area contributed by atoms with E-state index in [0.717, 1.165) is 68.8 Å². The van der Waals surface area contributed by atoms with E-state index >= 15 is 0 Å². The van der Waals surface area contributed by atoms with Crippen LogP contribution >= 0.6 is 23.2 Å². The quantitative estimate of drug-likeness (QED) is 0.305. The Morgan fingerprint density at radius 3 is 2.38 bits per heavy atom. The second-order valence-electron chi connectivity index (χ2n) is 9.89. The normalized spacial score (nSPS) is 19.2. The molecule has 0 spiro atoms. The first-order valence-corrected chi connectivity index (χ1v) is 13.6. The second-order valence-corrected chi connectivity index (χ2v) is 10.7. The summed E-state index contributed by atoms with van der Waals surface area (Å²) in [6.45, 7) is 4.91. The van der Waals surface area contributed by atoms with Crippen molar-refractivity contribution in [1.82, 2.24) is 9.97 Å². The minimum absolute atomic E-state index is 0.194. The highest BCUT2D eigenvalue weighted by Gasteiger charge is 2.28. The van der Waals surface area contributed by atoms with Crippen LogP contribution in [0.4, 0.5) is 11.6 Å². The van der Waals surface area contributed by atoms with Crippen molar-refractivity contribution < 1.29 is 4.79 Å². The van der Waals surface area contributed by atoms with E-state index in [9.17, 15) is 4.79 Å². The van der Waals surface area contributed by atoms with Gasteiger partial charge in [-0.25, -0.2) is 9.97 Å². The van der Waals surface area contributed by atoms with Crippen LogP contribution in [0.5, 0.6) is 0 Å². The molecule has 192 valence electrons. The molecule has 2 saturated heterocycles. The molecule has 2 aromatic carbocycles. The van der Waals surface area contributed by atoms with Gasteiger partial charge in [0.05, 0.1) is 17.3 Å². The molecular weight excluding hydrogens is 505 g/mol. The van der Waals surface area contributed by atoms with Gasteiger partial charge in [-0.05, 0) is 55.4 Å². The van der Waals surface area contributed by atoms with Crippen LogP contribution in [0.2, 0.25) is 10.0 Å². The van der Waals surface area contributed by atoms with Crippen LogP contribution in [0, 0.1) is 5.92 Å². The average molecular weight is 537 g/mol. The van der Waals surface area contributed by atoms with E-state index in [2.05, 4.69) is 16.7 Å². The summed E-state index contributed by atoms with van der Waals surface area (Å²) in [5.74, 6) is 2.78. The number of nitrogens with two attached hydrogens (primary N) is 1. The molecule has 37 heavy (non-hydrogen) atoms. The predicted octanol–water partition coefficient (Wildman–Crippen LogP) is 6.06. The van der Waals surface area contributed by atoms with Crippen LogP contribution < -0.4 is 15.5 Å². The van der Waals surface area contributed by atoms with E-state index in [1.165, 1.54) is 0 Å². The molecule has 5 rings (SSSR count). The van der Waals surface area contributed by atoms with Gasteiger partial charge in [-0.15, -0.1) is 0 Å². The van der Waals surface area contributed by atoms with Gasteiger partial charge in [-0.2, -0.15) is 0 Å². The van der Waals surface area contributed by atoms with Crippen molar-refractivity contribution in [2.24, 2.45) is 11.7 Å². The maximum Gasteiger partial charge on any atom is 0.166 e. The van der Waals surface area contributed by atoms with Crippen molar-refractivity contribution in [2.75, 3.05) is 29.4 Å². The molecule has 0 saturated carbocycles. The fourth-order valence-electron chi connectivity index (χ4n) is 5.13. The number of aldehydes is 1. The molecule has 0 amide bonds. The molecule has 0 aliphatic carbocycles. The monoisotopic (exact) mass is 535 g/mol. The zero-order valence-corrected chi connectivity index (χ0v) is 22.4. The Hall–Kier alpha value is -3.09. The van der Waals surface area contributed by atoms with Crippen molar-refractivity contribution in [1.29, 1.82) is 0 Å². The summed E-state index contributed by atoms with van der Waals surface area (Å²) in [6.07, 6.45) is 5.00. The first-order valence-electron chi connectivity index (χ1n) is 12.8. The van der Waals surface area contributed by atoms with Crippen LogP contribution in [0.15, 0.2) is 54.6 Å². The van der Waals surface area contributed by atoms with Crippen molar-refractivity contribution in [2.45, 2.75) is 38.6 Å². The van der Waals surface area contributed by atoms with Crippen LogP contribution in [0.25, 0.3) is 11.3 Å². The summed E-state index contributed by atoms with van der Waals surface area (Å²) < 4.78 is 0. The smallest absolute Gasteiger partial charge is 0.166 e. The topological polar surface area (TPSA) is 75.3 Å². The first kappa shape index (κ1) is 25.6. The third-order valence-electron chi connectivity index (χ3n) is 7.35. The van der Waals surface area contributed by atoms with Crippen LogP contribution in [-0.2, 0) is 4.79 Å². The summed E-state index contributed by atoms with van der Waals surface area (Å²) in [7, 11) is 0. The van der Waals surface area contributed by atoms with Gasteiger partial charge in [-0.1, -0.05) is 60.5 Å². The number of piperidine rings is 1. The molecule has 2 fully saturated rings. The fraction of sp³-hybridized carbons (Fsp3) is 0.345. The number of anilines is 2. The molecule has 3 heterocycles. The van der Waals surface area contributed by atoms with Crippen LogP contribution in [0.3, 0.4) is 0 Å². The van der Waals surface area contributed by atoms with Gasteiger partial charge in [0.15, 0.2) is 5.82 Å². The molecule has 2 aliphatic rings. The molecule has 0 bridgehead atoms. The van der Waals surface area contributed by atoms with Crippen molar-refractivity contribution in [3.05, 3.63) is 81.6 Å². The summed E-state index contributed by atoms with van der Waals surface area (Å²) >= 11 is 12.8. The van der Waals surface area contributed by atoms with E-state index in [4.69, 9.17) is 38.9 Å². The molecular formula is C29H31Cl2N5O. The lowest BCUT2D eigenvalue weighted by atomic mass is 9.98. The lowest BCUT2D eigenvalue weighted by Gasteiger charge is -2.32. The Kier molecular flexibility index (Phi) is 7.68. The second kappa shape index (κ2) is 11.1. The highest BCUT2D eigenvalue weighted by atomic mass is 35.5. The summed E-state index contributed by atoms with van der Waals surface area (Å²) in [5, 5.41) is 1.18. The number of carbonyl (C=O) groups is 1. The number of halogens is 2. The van der Waals surface area contributed by atoms with Gasteiger partial charge >= 0.3 is 0 Å². The van der Waals surface area contributed by atoms with Gasteiger partial charge in [0.25, 0.3) is 0 Å². The predicted molar refractivity (Wildman–Crippen MR) is 152 cm³/mol. The van der Waals surface area contributed by atoms with Gasteiger partial charge in [0.2, 0.25) is 0 Å². The highest BCUT2D eigenvalue weighted by molar-refractivity contribution is 6.32. The third kappa shape index (κ3) is 5.46. The molecule has 1 aromatic heterocycles. The number of carbonyl (C=O) groups excluding carboxylic acids is 1. The van der Waals surface area contributed by atoms with Crippen molar-refractivity contribution in [3.8, 4) is 0 Å². The SMILES string of the molecule is CC1CCN(c2cc(N3CCCC3C=O)nc(/C(=C(\N)c3ccccc3Cl)c3ccc(Cl)cc3)n2)CC1. The Bertz CT molecular complexity index is 1300. The molecule has 8 heteroatoms. The van der Waals surface area contributed by atoms with E-state index in [0.29, 0.717) is 38.6 Å². The van der Waals surface area contributed by atoms with Gasteiger partial charge in [0, 0.05) is 41.3 Å². The number of nitrogens with zero attached hydrogens (tertiary/aromatic N) is 4. The summed E-state index contributed by atoms with van der Waals surface area (Å²) in [6, 6.07) is 16.8. The maximum absolute atomic E-state index is 11.9. The first-order chi connectivity index (χ1) is 17.9. The molecule has 6 nitrogen and oxygen atoms in total. The Morgan fingerprint density at radius 2 is 1.68 bits per heavy atom. The van der Waals surface area contributed by atoms with E-state index in [1.54, 1.807) is 0 Å². The van der Waals surface area contributed by atoms with Gasteiger partial charge in [0.1, 0.15) is 17.9 Å². The molecule has 1 unspecified atom stereocenters. The van der Waals surface area contributed by atoms with Crippen LogP contribution in [-0.4, -0.2) is 41.9 Å². The minimum atomic E-state index is -0.194. The largest absolute Gasteiger partial charge is 0.398 e. The Morgan fingerprint density at radius 1 is 0.973 bits per heavy atom. The molecule has 2 N–H and O–H groups in total. The zero-order valence-electron chi connectivity index (χ0n) is 20.9. The Balaban J connectivity index is 1.71. The van der Waals surface area contributed by atoms with E-state index in [-0.39, 0.29) is 6.04 Å². The zero-order chi connectivity index (χ0) is 25.9. The lowest BCUT2D eigenvalue weighted by Crippen LogP contribution is -2.35. The third-order valence-corrected chi connectivity index (χ3v) is 7.93. The van der Waals surface area contributed by atoms with E-state index in [1.807, 2.05) is 54.6 Å². The number of benzene rings is 2. The minimum Gasteiger partial charge on any atom is -0.398 e. The average Bonchev–Trinajstić information content (AvgIpc) is 3.40. The standard InChI is InChI=1S/C29H31Cl2N5O/c1-19-12-15-35(16-13-19)25-17-26(36-14-4-5-22(36)18-37)34-29(33-25)27(20-8-10-21(30)11-9-20)28(32)23-6-2-3-7-24(23)31/h2-3,6-11,17-19,22H,4-5,12-16,32H2,1H3/b28-27-. The molecule has 1 atom stereocenters. The highest BCUT2D eigenvalue weighted by Crippen LogP contribution is 2.35. The van der Waals surface area contributed by atoms with Crippen LogP contribution in [0.1, 0.15) is 49.6 Å². The maximum atomic E-state index is 11.9. The van der Waals surface area contributed by atoms with Gasteiger partial charge < -0.3 is 20.3 Å². The van der Waals surface area contributed by atoms with Crippen molar-refractivity contribution in [3.63, 3.8) is 0 Å². The number of hydrogen-bond donors (Lipinski definition) is 1. The lowest BCUT2D eigenvalue weighted by molar-refractivity contribution is -0.108. The number of hydrogen-bond acceptors (Lipinski definition) is 6. The van der Waals surface area contributed by atoms with Gasteiger partial charge in [-0.3, -0.25) is 0 Å². The number of rotatable bonds is 6. The number of aromatic nitrogens is 2. The summed E-state index contributed by atoms with van der Waals surface area (Å²) in [4.78, 5) is 26.3. The molecule has 0 radical (unpaired) electrons. The summed E-state index contributed by atoms with van der Waals surface area (Å²) in [5.41, 5.74) is 9.56. The fourth-order valence-corrected chi connectivity index (χ4v) is 5.50. The Labute approximate surface area is 228 Å². The molecule has 2 aliphatic heterocycles.